The number of phenols is 1. The Morgan fingerprint density at radius 3 is 1.38 bits per heavy atom. The van der Waals surface area contributed by atoms with E-state index < -0.39 is 23.4 Å². The highest BCUT2D eigenvalue weighted by Crippen LogP contribution is 2.36. The first-order valence-corrected chi connectivity index (χ1v) is 23.2. The summed E-state index contributed by atoms with van der Waals surface area (Å²) in [5.74, 6) is -0.0639. The standard InChI is InChI=1S/C49H73F3N2O15/c1-48(2,3)69-47(56)54(39-44-37-42(10-11-53-44)45-38-41(8-9-46(45)55)40-6-5-7-43(36-40)49(50,51)52)12-13-58-16-17-60-20-21-62-24-25-64-28-29-66-32-33-68-35-34-67-31-30-65-27-26-63-23-22-61-19-18-59-15-14-57-4/h5-11,36-38,55H,12-35,39H2,1-4H3. The largest absolute Gasteiger partial charge is 0.507 e. The first-order chi connectivity index (χ1) is 33.4. The molecule has 69 heavy (non-hydrogen) atoms. The Bertz CT molecular complexity index is 1790. The second-order valence-corrected chi connectivity index (χ2v) is 16.0. The second kappa shape index (κ2) is 36.0. The van der Waals surface area contributed by atoms with Gasteiger partial charge in [0, 0.05) is 25.4 Å². The molecule has 1 N–H and O–H groups in total. The van der Waals surface area contributed by atoms with Crippen molar-refractivity contribution in [2.24, 2.45) is 0 Å². The molecule has 1 aromatic heterocycles. The summed E-state index contributed by atoms with van der Waals surface area (Å²) in [6.07, 6.45) is -3.52. The molecule has 17 nitrogen and oxygen atoms in total. The van der Waals surface area contributed by atoms with Crippen LogP contribution in [-0.4, -0.2) is 192 Å². The second-order valence-electron chi connectivity index (χ2n) is 16.0. The molecule has 0 aliphatic rings. The maximum atomic E-state index is 13.4. The normalized spacial score (nSPS) is 11.9. The smallest absolute Gasteiger partial charge is 0.416 e. The summed E-state index contributed by atoms with van der Waals surface area (Å²) in [5.41, 5.74) is 0.773. The van der Waals surface area contributed by atoms with Gasteiger partial charge in [0.05, 0.1) is 170 Å². The molecule has 0 saturated heterocycles. The number of amides is 1. The predicted octanol–water partition coefficient (Wildman–Crippen LogP) is 6.71. The Morgan fingerprint density at radius 1 is 0.536 bits per heavy atom. The number of hydrogen-bond acceptors (Lipinski definition) is 16. The topological polar surface area (TPSA) is 173 Å². The fraction of sp³-hybridized carbons (Fsp3) is 0.633. The van der Waals surface area contributed by atoms with Crippen molar-refractivity contribution in [3.63, 3.8) is 0 Å². The van der Waals surface area contributed by atoms with Gasteiger partial charge in [-0.1, -0.05) is 18.2 Å². The Labute approximate surface area is 404 Å². The van der Waals surface area contributed by atoms with Crippen molar-refractivity contribution in [1.82, 2.24) is 9.88 Å². The maximum absolute atomic E-state index is 13.4. The molecule has 390 valence electrons. The molecule has 0 fully saturated rings. The number of halogens is 3. The Balaban J connectivity index is 1.17. The SMILES string of the molecule is COCCOCCOCCOCCOCCOCCOCCOCCOCCOCCOCCOCCN(Cc1cc(-c2cc(-c3cccc(C(F)(F)F)c3)ccc2O)ccn1)C(=O)OC(C)(C)C. The van der Waals surface area contributed by atoms with E-state index in [1.807, 2.05) is 0 Å². The lowest BCUT2D eigenvalue weighted by molar-refractivity contribution is -0.137. The van der Waals surface area contributed by atoms with Gasteiger partial charge in [-0.15, -0.1) is 0 Å². The minimum Gasteiger partial charge on any atom is -0.507 e. The van der Waals surface area contributed by atoms with Gasteiger partial charge >= 0.3 is 12.3 Å². The number of methoxy groups -OCH3 is 1. The average Bonchev–Trinajstić information content (AvgIpc) is 3.32. The van der Waals surface area contributed by atoms with Gasteiger partial charge < -0.3 is 66.7 Å². The molecular weight excluding hydrogens is 914 g/mol. The molecule has 0 aliphatic carbocycles. The van der Waals surface area contributed by atoms with Crippen LogP contribution in [0.15, 0.2) is 60.8 Å². The highest BCUT2D eigenvalue weighted by molar-refractivity contribution is 5.78. The van der Waals surface area contributed by atoms with Crippen LogP contribution in [0.25, 0.3) is 22.3 Å². The lowest BCUT2D eigenvalue weighted by Gasteiger charge is -2.27. The number of rotatable bonds is 40. The molecule has 1 amide bonds. The van der Waals surface area contributed by atoms with Gasteiger partial charge in [0.15, 0.2) is 0 Å². The zero-order chi connectivity index (χ0) is 49.8. The number of phenolic OH excluding ortho intramolecular Hbond substituents is 1. The number of benzene rings is 2. The first-order valence-electron chi connectivity index (χ1n) is 23.2. The first kappa shape index (κ1) is 59.3. The summed E-state index contributed by atoms with van der Waals surface area (Å²) in [4.78, 5) is 19.1. The van der Waals surface area contributed by atoms with E-state index in [1.165, 1.54) is 23.2 Å². The van der Waals surface area contributed by atoms with Gasteiger partial charge in [-0.05, 0) is 73.9 Å². The number of nitrogens with zero attached hydrogens (tertiary/aromatic N) is 2. The van der Waals surface area contributed by atoms with Crippen LogP contribution < -0.4 is 0 Å². The van der Waals surface area contributed by atoms with Crippen LogP contribution in [0.1, 0.15) is 32.0 Å². The van der Waals surface area contributed by atoms with Crippen LogP contribution >= 0.6 is 0 Å². The molecule has 0 spiro atoms. The van der Waals surface area contributed by atoms with Gasteiger partial charge in [0.1, 0.15) is 11.4 Å². The molecule has 3 rings (SSSR count). The molecule has 0 bridgehead atoms. The van der Waals surface area contributed by atoms with E-state index in [0.717, 1.165) is 12.1 Å². The summed E-state index contributed by atoms with van der Waals surface area (Å²) < 4.78 is 111. The quantitative estimate of drug-likeness (QED) is 0.0596. The van der Waals surface area contributed by atoms with Gasteiger partial charge in [-0.25, -0.2) is 4.79 Å². The molecule has 0 radical (unpaired) electrons. The fourth-order valence-corrected chi connectivity index (χ4v) is 5.93. The van der Waals surface area contributed by atoms with Gasteiger partial charge in [-0.2, -0.15) is 13.2 Å². The molecule has 0 aliphatic heterocycles. The van der Waals surface area contributed by atoms with Crippen molar-refractivity contribution in [1.29, 1.82) is 0 Å². The van der Waals surface area contributed by atoms with E-state index in [0.29, 0.717) is 167 Å². The zero-order valence-electron chi connectivity index (χ0n) is 40.6. The maximum Gasteiger partial charge on any atom is 0.416 e. The molecular formula is C49H73F3N2O15. The third kappa shape index (κ3) is 28.4. The minimum atomic E-state index is -4.49. The average molecular weight is 987 g/mol. The van der Waals surface area contributed by atoms with E-state index >= 15 is 0 Å². The molecule has 1 heterocycles. The highest BCUT2D eigenvalue weighted by Gasteiger charge is 2.30. The van der Waals surface area contributed by atoms with Gasteiger partial charge in [0.2, 0.25) is 0 Å². The molecule has 0 atom stereocenters. The van der Waals surface area contributed by atoms with E-state index in [4.69, 9.17) is 61.6 Å². The minimum absolute atomic E-state index is 0.0639. The van der Waals surface area contributed by atoms with Crippen LogP contribution in [0.3, 0.4) is 0 Å². The highest BCUT2D eigenvalue weighted by atomic mass is 19.4. The van der Waals surface area contributed by atoms with E-state index in [2.05, 4.69) is 4.98 Å². The molecule has 0 unspecified atom stereocenters. The Kier molecular flexibility index (Phi) is 30.9. The number of alkyl halides is 3. The van der Waals surface area contributed by atoms with Crippen LogP contribution in [0.5, 0.6) is 5.75 Å². The summed E-state index contributed by atoms with van der Waals surface area (Å²) >= 11 is 0. The third-order valence-electron chi connectivity index (χ3n) is 9.31. The molecule has 20 heteroatoms. The number of carbonyl (C=O) groups excluding carboxylic acids is 1. The molecule has 3 aromatic rings. The summed E-state index contributed by atoms with van der Waals surface area (Å²) in [6, 6.07) is 13.0. The van der Waals surface area contributed by atoms with E-state index in [9.17, 15) is 23.1 Å². The van der Waals surface area contributed by atoms with Crippen molar-refractivity contribution in [3.05, 3.63) is 72.1 Å². The molecule has 0 saturated carbocycles. The van der Waals surface area contributed by atoms with Crippen molar-refractivity contribution < 1.29 is 84.7 Å². The van der Waals surface area contributed by atoms with Crippen molar-refractivity contribution in [2.75, 3.05) is 166 Å². The van der Waals surface area contributed by atoms with Crippen LogP contribution in [-0.2, 0) is 74.3 Å². The fourth-order valence-electron chi connectivity index (χ4n) is 5.93. The lowest BCUT2D eigenvalue weighted by atomic mass is 9.97. The Morgan fingerprint density at radius 2 is 0.957 bits per heavy atom. The lowest BCUT2D eigenvalue weighted by Crippen LogP contribution is -2.38. The molecule has 2 aromatic carbocycles. The van der Waals surface area contributed by atoms with Crippen molar-refractivity contribution >= 4 is 6.09 Å². The third-order valence-corrected chi connectivity index (χ3v) is 9.31. The monoisotopic (exact) mass is 986 g/mol. The van der Waals surface area contributed by atoms with Crippen LogP contribution in [0, 0.1) is 0 Å². The summed E-state index contributed by atoms with van der Waals surface area (Å²) in [5, 5.41) is 10.7. The zero-order valence-corrected chi connectivity index (χ0v) is 40.6. The Hall–Kier alpha value is -4.03. The number of hydrogen-bond donors (Lipinski definition) is 1. The van der Waals surface area contributed by atoms with E-state index in [1.54, 1.807) is 58.2 Å². The summed E-state index contributed by atoms with van der Waals surface area (Å²) in [6.45, 7) is 15.9. The summed E-state index contributed by atoms with van der Waals surface area (Å²) in [7, 11) is 1.64. The number of carbonyl (C=O) groups is 1. The number of aromatic nitrogens is 1. The van der Waals surface area contributed by atoms with Crippen LogP contribution in [0.2, 0.25) is 0 Å². The van der Waals surface area contributed by atoms with E-state index in [-0.39, 0.29) is 32.1 Å². The van der Waals surface area contributed by atoms with Crippen LogP contribution in [0.4, 0.5) is 18.0 Å². The van der Waals surface area contributed by atoms with Gasteiger partial charge in [0.25, 0.3) is 0 Å². The van der Waals surface area contributed by atoms with Gasteiger partial charge in [-0.3, -0.25) is 9.88 Å². The number of pyridine rings is 1. The predicted molar refractivity (Wildman–Crippen MR) is 249 cm³/mol. The van der Waals surface area contributed by atoms with Crippen molar-refractivity contribution in [2.45, 2.75) is 39.1 Å². The number of aromatic hydroxyl groups is 1. The number of ether oxygens (including phenoxy) is 13. The van der Waals surface area contributed by atoms with Crippen molar-refractivity contribution in [3.8, 4) is 28.0 Å².